The normalized spacial score (nSPS) is 20.8. The number of piperazine rings is 1. The van der Waals surface area contributed by atoms with Gasteiger partial charge >= 0.3 is 12.1 Å². The lowest BCUT2D eigenvalue weighted by molar-refractivity contribution is 0.0145. The van der Waals surface area contributed by atoms with Gasteiger partial charge in [-0.2, -0.15) is 15.2 Å². The number of pyridine rings is 1. The van der Waals surface area contributed by atoms with Crippen LogP contribution in [0, 0.1) is 11.3 Å². The number of rotatable bonds is 6. The molecule has 2 aromatic heterocycles. The van der Waals surface area contributed by atoms with E-state index in [2.05, 4.69) is 53.2 Å². The molecule has 0 saturated carbocycles. The molecule has 6 rings (SSSR count). The number of anilines is 1. The molecule has 2 fully saturated rings. The van der Waals surface area contributed by atoms with Crippen molar-refractivity contribution >= 4 is 22.9 Å². The van der Waals surface area contributed by atoms with E-state index in [1.807, 2.05) is 20.8 Å². The van der Waals surface area contributed by atoms with Crippen molar-refractivity contribution in [1.82, 2.24) is 24.8 Å². The lowest BCUT2D eigenvalue weighted by Crippen LogP contribution is -2.56. The number of amides is 1. The molecule has 2 saturated heterocycles. The van der Waals surface area contributed by atoms with Crippen LogP contribution in [0.2, 0.25) is 0 Å². The predicted octanol–water partition coefficient (Wildman–Crippen LogP) is 5.38. The summed E-state index contributed by atoms with van der Waals surface area (Å²) >= 11 is 0. The molecule has 0 unspecified atom stereocenters. The third-order valence-electron chi connectivity index (χ3n) is 9.00. The fourth-order valence-corrected chi connectivity index (χ4v) is 6.70. The van der Waals surface area contributed by atoms with Crippen molar-refractivity contribution in [2.75, 3.05) is 44.7 Å². The Morgan fingerprint density at radius 1 is 1.02 bits per heavy atom. The molecule has 0 spiro atoms. The summed E-state index contributed by atoms with van der Waals surface area (Å²) in [5, 5.41) is 10.5. The second kappa shape index (κ2) is 12.6. The molecule has 1 aliphatic carbocycles. The molecule has 44 heavy (non-hydrogen) atoms. The number of benzene rings is 1. The van der Waals surface area contributed by atoms with Crippen molar-refractivity contribution < 1.29 is 14.3 Å². The van der Waals surface area contributed by atoms with Gasteiger partial charge in [0.1, 0.15) is 18.0 Å². The molecule has 2 aliphatic heterocycles. The number of nitriles is 1. The van der Waals surface area contributed by atoms with Gasteiger partial charge in [-0.1, -0.05) is 18.2 Å². The number of likely N-dealkylation sites (tertiary alicyclic amines) is 1. The van der Waals surface area contributed by atoms with E-state index in [9.17, 15) is 10.1 Å². The number of carbonyl (C=O) groups excluding carboxylic acids is 1. The first-order chi connectivity index (χ1) is 21.2. The Balaban J connectivity index is 1.35. The van der Waals surface area contributed by atoms with Gasteiger partial charge in [0.15, 0.2) is 5.65 Å². The van der Waals surface area contributed by atoms with E-state index in [4.69, 9.17) is 24.4 Å². The van der Waals surface area contributed by atoms with Crippen molar-refractivity contribution in [3.63, 3.8) is 0 Å². The first-order valence-corrected chi connectivity index (χ1v) is 15.9. The van der Waals surface area contributed by atoms with Crippen LogP contribution in [0.5, 0.6) is 6.01 Å². The maximum Gasteiger partial charge on any atom is 0.410 e. The number of hydrogen-bond donors (Lipinski definition) is 0. The van der Waals surface area contributed by atoms with Gasteiger partial charge in [0.05, 0.1) is 29.6 Å². The molecule has 0 radical (unpaired) electrons. The average Bonchev–Trinajstić information content (AvgIpc) is 3.42. The molecule has 4 heterocycles. The summed E-state index contributed by atoms with van der Waals surface area (Å²) in [5.41, 5.74) is 4.84. The number of hydrogen-bond acceptors (Lipinski definition) is 9. The summed E-state index contributed by atoms with van der Waals surface area (Å²) in [7, 11) is 2.13. The number of ether oxygens (including phenoxy) is 2. The Morgan fingerprint density at radius 2 is 1.86 bits per heavy atom. The fourth-order valence-electron chi connectivity index (χ4n) is 6.70. The molecule has 0 N–H and O–H groups in total. The summed E-state index contributed by atoms with van der Waals surface area (Å²) in [6.07, 6.45) is 6.62. The summed E-state index contributed by atoms with van der Waals surface area (Å²) in [6, 6.07) is 13.2. The Hall–Kier alpha value is -3.97. The van der Waals surface area contributed by atoms with Gasteiger partial charge in [-0.05, 0) is 96.1 Å². The van der Waals surface area contributed by atoms with Crippen LogP contribution in [0.3, 0.4) is 0 Å². The van der Waals surface area contributed by atoms with E-state index >= 15 is 0 Å². The molecule has 0 bridgehead atoms. The van der Waals surface area contributed by atoms with Crippen molar-refractivity contribution in [3.05, 3.63) is 41.5 Å². The quantitative estimate of drug-likeness (QED) is 0.370. The highest BCUT2D eigenvalue weighted by Gasteiger charge is 2.35. The average molecular weight is 598 g/mol. The van der Waals surface area contributed by atoms with Crippen LogP contribution in [0.1, 0.15) is 64.0 Å². The molecule has 1 amide bonds. The molecule has 2 atom stereocenters. The SMILES string of the molecule is CN1CCC[C@H]1COc1nc(N2CCN(C(=O)OC(C)(C)C)[C@@H](CC#N)C2)c2ccc(-c3cccc4c3CCCC4)nc2n1. The third kappa shape index (κ3) is 6.43. The van der Waals surface area contributed by atoms with Crippen molar-refractivity contribution in [1.29, 1.82) is 5.26 Å². The Kier molecular flexibility index (Phi) is 8.59. The van der Waals surface area contributed by atoms with Crippen LogP contribution in [0.25, 0.3) is 22.3 Å². The first kappa shape index (κ1) is 30.1. The molecular weight excluding hydrogens is 554 g/mol. The molecule has 232 valence electrons. The van der Waals surface area contributed by atoms with Crippen LogP contribution < -0.4 is 9.64 Å². The summed E-state index contributed by atoms with van der Waals surface area (Å²) in [6.45, 7) is 8.52. The Labute approximate surface area is 260 Å². The maximum atomic E-state index is 13.0. The molecule has 10 heteroatoms. The fraction of sp³-hybridized carbons (Fsp3) is 0.559. The summed E-state index contributed by atoms with van der Waals surface area (Å²) < 4.78 is 11.9. The molecule has 3 aromatic rings. The minimum Gasteiger partial charge on any atom is -0.462 e. The van der Waals surface area contributed by atoms with Crippen LogP contribution >= 0.6 is 0 Å². The zero-order valence-corrected chi connectivity index (χ0v) is 26.4. The van der Waals surface area contributed by atoms with E-state index in [-0.39, 0.29) is 12.5 Å². The van der Waals surface area contributed by atoms with Gasteiger partial charge in [-0.25, -0.2) is 9.78 Å². The van der Waals surface area contributed by atoms with Gasteiger partial charge in [-0.3, -0.25) is 0 Å². The minimum atomic E-state index is -0.616. The minimum absolute atomic E-state index is 0.192. The molecule has 1 aromatic carbocycles. The second-order valence-electron chi connectivity index (χ2n) is 13.3. The number of likely N-dealkylation sites (N-methyl/N-ethyl adjacent to an activating group) is 1. The number of aryl methyl sites for hydroxylation is 1. The van der Waals surface area contributed by atoms with Gasteiger partial charge in [0.25, 0.3) is 0 Å². The number of carbonyl (C=O) groups is 1. The second-order valence-corrected chi connectivity index (χ2v) is 13.3. The summed E-state index contributed by atoms with van der Waals surface area (Å²) in [5.74, 6) is 0.714. The standard InChI is InChI=1S/C34H43N7O3/c1-34(2,3)44-33(42)41-20-19-40(21-24(41)16-17-35)31-28-14-15-29(27-13-7-10-23-9-5-6-12-26(23)27)36-30(28)37-32(38-31)43-22-25-11-8-18-39(25)4/h7,10,13-15,24-25H,5-6,8-9,11-12,16,18-22H2,1-4H3/t24-,25-/m0/s1. The smallest absolute Gasteiger partial charge is 0.410 e. The van der Waals surface area contributed by atoms with Crippen molar-refractivity contribution in [2.24, 2.45) is 0 Å². The van der Waals surface area contributed by atoms with E-state index in [0.29, 0.717) is 49.8 Å². The zero-order valence-electron chi connectivity index (χ0n) is 26.4. The van der Waals surface area contributed by atoms with Crippen LogP contribution in [-0.2, 0) is 17.6 Å². The predicted molar refractivity (Wildman–Crippen MR) is 170 cm³/mol. The van der Waals surface area contributed by atoms with Gasteiger partial charge in [0.2, 0.25) is 0 Å². The monoisotopic (exact) mass is 597 g/mol. The van der Waals surface area contributed by atoms with Gasteiger partial charge < -0.3 is 24.2 Å². The van der Waals surface area contributed by atoms with Crippen molar-refractivity contribution in [3.8, 4) is 23.3 Å². The first-order valence-electron chi connectivity index (χ1n) is 15.9. The van der Waals surface area contributed by atoms with E-state index in [1.165, 1.54) is 29.5 Å². The number of aromatic nitrogens is 3. The lowest BCUT2D eigenvalue weighted by Gasteiger charge is -2.41. The van der Waals surface area contributed by atoms with Crippen molar-refractivity contribution in [2.45, 2.75) is 83.4 Å². The van der Waals surface area contributed by atoms with Crippen LogP contribution in [0.15, 0.2) is 30.3 Å². The Bertz CT molecular complexity index is 1560. The van der Waals surface area contributed by atoms with Crippen LogP contribution in [0.4, 0.5) is 10.6 Å². The van der Waals surface area contributed by atoms with Gasteiger partial charge in [-0.15, -0.1) is 0 Å². The molecule has 3 aliphatic rings. The highest BCUT2D eigenvalue weighted by atomic mass is 16.6. The maximum absolute atomic E-state index is 13.0. The lowest BCUT2D eigenvalue weighted by atomic mass is 9.87. The Morgan fingerprint density at radius 3 is 2.64 bits per heavy atom. The van der Waals surface area contributed by atoms with Crippen LogP contribution in [-0.4, -0.2) is 88.4 Å². The summed E-state index contributed by atoms with van der Waals surface area (Å²) in [4.78, 5) is 34.0. The highest BCUT2D eigenvalue weighted by Crippen LogP contribution is 2.34. The van der Waals surface area contributed by atoms with E-state index in [1.54, 1.807) is 4.90 Å². The molecular formula is C34H43N7O3. The third-order valence-corrected chi connectivity index (χ3v) is 9.00. The number of fused-ring (bicyclic) bond motifs is 2. The largest absolute Gasteiger partial charge is 0.462 e. The van der Waals surface area contributed by atoms with Gasteiger partial charge in [0, 0.05) is 31.2 Å². The molecule has 10 nitrogen and oxygen atoms in total. The van der Waals surface area contributed by atoms with E-state index < -0.39 is 11.7 Å². The highest BCUT2D eigenvalue weighted by molar-refractivity contribution is 5.89. The topological polar surface area (TPSA) is 108 Å². The number of nitrogens with zero attached hydrogens (tertiary/aromatic N) is 7. The van der Waals surface area contributed by atoms with E-state index in [0.717, 1.165) is 43.3 Å². The zero-order chi connectivity index (χ0) is 30.8.